The molecule has 2 aliphatic rings. The highest BCUT2D eigenvalue weighted by Gasteiger charge is 2.36. The standard InChI is InChI=1S/C30H40N4O6/c1-6-21(39-18(3)35)14-27(37)40-22-10-7-19(8-11-22)32-24-13-20(9-12-23(24)29(31)38)34-25-15-30(4,5)16-26(36)28(25)17(2)33-34/h9,12-13,19,21-22,32H,6-8,10-11,14-16H2,1-5H3,(H2,31,38). The number of hydrogen-bond acceptors (Lipinski definition) is 8. The van der Waals surface area contributed by atoms with E-state index >= 15 is 0 Å². The number of nitrogens with zero attached hydrogens (tertiary/aromatic N) is 2. The number of aryl methyl sites for hydroxylation is 1. The zero-order valence-electron chi connectivity index (χ0n) is 24.0. The van der Waals surface area contributed by atoms with Crippen LogP contribution in [0.3, 0.4) is 0 Å². The maximum atomic E-state index is 12.9. The number of aromatic nitrogens is 2. The predicted octanol–water partition coefficient (Wildman–Crippen LogP) is 4.43. The predicted molar refractivity (Wildman–Crippen MR) is 149 cm³/mol. The van der Waals surface area contributed by atoms with Gasteiger partial charge in [-0.15, -0.1) is 0 Å². The SMILES string of the molecule is CCC(CC(=O)OC1CCC(Nc2cc(-n3nc(C)c4c3CC(C)(C)CC4=O)ccc2C(N)=O)CC1)OC(C)=O. The molecule has 1 saturated carbocycles. The highest BCUT2D eigenvalue weighted by Crippen LogP contribution is 2.37. The minimum absolute atomic E-state index is 0.0441. The Balaban J connectivity index is 1.45. The number of nitrogens with two attached hydrogens (primary N) is 1. The number of rotatable bonds is 9. The maximum Gasteiger partial charge on any atom is 0.309 e. The van der Waals surface area contributed by atoms with Crippen LogP contribution in [0.25, 0.3) is 5.69 Å². The molecule has 1 fully saturated rings. The van der Waals surface area contributed by atoms with Crippen LogP contribution in [0.4, 0.5) is 5.69 Å². The third kappa shape index (κ3) is 6.71. The summed E-state index contributed by atoms with van der Waals surface area (Å²) in [4.78, 5) is 48.7. The van der Waals surface area contributed by atoms with Crippen molar-refractivity contribution in [2.24, 2.45) is 11.1 Å². The number of benzene rings is 1. The molecule has 1 amide bonds. The van der Waals surface area contributed by atoms with Crippen molar-refractivity contribution in [3.63, 3.8) is 0 Å². The zero-order chi connectivity index (χ0) is 29.2. The van der Waals surface area contributed by atoms with Crippen LogP contribution >= 0.6 is 0 Å². The summed E-state index contributed by atoms with van der Waals surface area (Å²) in [5, 5.41) is 8.18. The number of carbonyl (C=O) groups is 4. The first kappa shape index (κ1) is 29.3. The van der Waals surface area contributed by atoms with E-state index in [1.807, 2.05) is 24.6 Å². The fourth-order valence-corrected chi connectivity index (χ4v) is 5.82. The molecule has 10 nitrogen and oxygen atoms in total. The van der Waals surface area contributed by atoms with Crippen LogP contribution in [-0.2, 0) is 25.5 Å². The molecule has 1 aromatic heterocycles. The molecule has 1 aromatic carbocycles. The van der Waals surface area contributed by atoms with Gasteiger partial charge in [-0.25, -0.2) is 4.68 Å². The second-order valence-electron chi connectivity index (χ2n) is 11.8. The Morgan fingerprint density at radius 2 is 1.88 bits per heavy atom. The van der Waals surface area contributed by atoms with Crippen molar-refractivity contribution < 1.29 is 28.7 Å². The Morgan fingerprint density at radius 3 is 2.50 bits per heavy atom. The van der Waals surface area contributed by atoms with Crippen LogP contribution < -0.4 is 11.1 Å². The van der Waals surface area contributed by atoms with Gasteiger partial charge in [0.1, 0.15) is 12.2 Å². The lowest BCUT2D eigenvalue weighted by Gasteiger charge is -2.30. The van der Waals surface area contributed by atoms with Crippen molar-refractivity contribution in [3.05, 3.63) is 40.7 Å². The summed E-state index contributed by atoms with van der Waals surface area (Å²) in [5.74, 6) is -1.21. The fraction of sp³-hybridized carbons (Fsp3) is 0.567. The van der Waals surface area contributed by atoms with E-state index < -0.39 is 18.0 Å². The molecule has 40 heavy (non-hydrogen) atoms. The summed E-state index contributed by atoms with van der Waals surface area (Å²) < 4.78 is 12.6. The van der Waals surface area contributed by atoms with Crippen molar-refractivity contribution in [2.45, 2.75) is 104 Å². The van der Waals surface area contributed by atoms with E-state index in [0.29, 0.717) is 48.2 Å². The highest BCUT2D eigenvalue weighted by molar-refractivity contribution is 6.00. The molecular formula is C30H40N4O6. The summed E-state index contributed by atoms with van der Waals surface area (Å²) in [5.41, 5.74) is 9.56. The van der Waals surface area contributed by atoms with E-state index in [4.69, 9.17) is 20.3 Å². The van der Waals surface area contributed by atoms with E-state index in [-0.39, 0.29) is 35.7 Å². The van der Waals surface area contributed by atoms with E-state index in [1.54, 1.807) is 12.1 Å². The molecule has 2 aliphatic carbocycles. The number of Topliss-reactive ketones (excluding diaryl/α,β-unsaturated/α-hetero) is 1. The number of fused-ring (bicyclic) bond motifs is 1. The molecule has 1 heterocycles. The first-order chi connectivity index (χ1) is 18.9. The Labute approximate surface area is 235 Å². The second-order valence-corrected chi connectivity index (χ2v) is 11.8. The van der Waals surface area contributed by atoms with Crippen molar-refractivity contribution >= 4 is 29.3 Å². The summed E-state index contributed by atoms with van der Waals surface area (Å²) in [7, 11) is 0. The molecule has 216 valence electrons. The minimum atomic E-state index is -0.537. The second kappa shape index (κ2) is 11.8. The number of anilines is 1. The molecule has 0 saturated heterocycles. The molecule has 1 unspecified atom stereocenters. The molecule has 0 radical (unpaired) electrons. The van der Waals surface area contributed by atoms with Gasteiger partial charge in [-0.1, -0.05) is 20.8 Å². The number of nitrogens with one attached hydrogen (secondary N) is 1. The number of carbonyl (C=O) groups excluding carboxylic acids is 4. The molecule has 0 spiro atoms. The van der Waals surface area contributed by atoms with Gasteiger partial charge in [0.25, 0.3) is 5.91 Å². The smallest absolute Gasteiger partial charge is 0.309 e. The van der Waals surface area contributed by atoms with E-state index in [2.05, 4.69) is 19.2 Å². The average Bonchev–Trinajstić information content (AvgIpc) is 3.19. The normalized spacial score (nSPS) is 20.8. The Hall–Kier alpha value is -3.69. The largest absolute Gasteiger partial charge is 0.462 e. The topological polar surface area (TPSA) is 143 Å². The lowest BCUT2D eigenvalue weighted by atomic mass is 9.75. The number of ether oxygens (including phenoxy) is 2. The molecule has 4 rings (SSSR count). The molecule has 1 atom stereocenters. The monoisotopic (exact) mass is 552 g/mol. The van der Waals surface area contributed by atoms with Gasteiger partial charge in [-0.05, 0) is 69.1 Å². The van der Waals surface area contributed by atoms with Gasteiger partial charge < -0.3 is 20.5 Å². The quantitative estimate of drug-likeness (QED) is 0.435. The molecule has 3 N–H and O–H groups in total. The van der Waals surface area contributed by atoms with Crippen molar-refractivity contribution in [1.82, 2.24) is 9.78 Å². The molecule has 0 aliphatic heterocycles. The number of amides is 1. The first-order valence-electron chi connectivity index (χ1n) is 14.1. The van der Waals surface area contributed by atoms with Crippen LogP contribution in [-0.4, -0.2) is 51.7 Å². The zero-order valence-corrected chi connectivity index (χ0v) is 24.0. The summed E-state index contributed by atoms with van der Waals surface area (Å²) >= 11 is 0. The maximum absolute atomic E-state index is 12.9. The third-order valence-electron chi connectivity index (χ3n) is 7.75. The van der Waals surface area contributed by atoms with Gasteiger partial charge in [-0.3, -0.25) is 19.2 Å². The first-order valence-corrected chi connectivity index (χ1v) is 14.1. The van der Waals surface area contributed by atoms with E-state index in [9.17, 15) is 19.2 Å². The van der Waals surface area contributed by atoms with Crippen LogP contribution in [0.15, 0.2) is 18.2 Å². The van der Waals surface area contributed by atoms with Gasteiger partial charge in [-0.2, -0.15) is 5.10 Å². The van der Waals surface area contributed by atoms with Gasteiger partial charge in [0, 0.05) is 25.1 Å². The Morgan fingerprint density at radius 1 is 1.18 bits per heavy atom. The van der Waals surface area contributed by atoms with Crippen LogP contribution in [0, 0.1) is 12.3 Å². The van der Waals surface area contributed by atoms with Gasteiger partial charge in [0.2, 0.25) is 0 Å². The molecular weight excluding hydrogens is 512 g/mol. The molecule has 2 aromatic rings. The van der Waals surface area contributed by atoms with Gasteiger partial charge in [0.05, 0.1) is 34.6 Å². The van der Waals surface area contributed by atoms with E-state index in [1.165, 1.54) is 6.92 Å². The number of primary amides is 1. The minimum Gasteiger partial charge on any atom is -0.462 e. The van der Waals surface area contributed by atoms with Crippen LogP contribution in [0.2, 0.25) is 0 Å². The Bertz CT molecular complexity index is 1310. The molecule has 10 heteroatoms. The van der Waals surface area contributed by atoms with Crippen molar-refractivity contribution in [1.29, 1.82) is 0 Å². The lowest BCUT2D eigenvalue weighted by molar-refractivity contribution is -0.157. The lowest BCUT2D eigenvalue weighted by Crippen LogP contribution is -2.32. The summed E-state index contributed by atoms with van der Waals surface area (Å²) in [6, 6.07) is 5.42. The van der Waals surface area contributed by atoms with Crippen molar-refractivity contribution in [3.8, 4) is 5.69 Å². The number of esters is 2. The van der Waals surface area contributed by atoms with Crippen LogP contribution in [0.1, 0.15) is 105 Å². The highest BCUT2D eigenvalue weighted by atomic mass is 16.6. The average molecular weight is 553 g/mol. The van der Waals surface area contributed by atoms with E-state index in [0.717, 1.165) is 30.6 Å². The third-order valence-corrected chi connectivity index (χ3v) is 7.75. The molecule has 0 bridgehead atoms. The summed E-state index contributed by atoms with van der Waals surface area (Å²) in [6.07, 6.45) is 3.93. The van der Waals surface area contributed by atoms with Gasteiger partial charge >= 0.3 is 11.9 Å². The number of hydrogen-bond donors (Lipinski definition) is 2. The summed E-state index contributed by atoms with van der Waals surface area (Å²) in [6.45, 7) is 9.20. The fourth-order valence-electron chi connectivity index (χ4n) is 5.82. The number of ketones is 1. The van der Waals surface area contributed by atoms with Crippen molar-refractivity contribution in [2.75, 3.05) is 5.32 Å². The van der Waals surface area contributed by atoms with Gasteiger partial charge in [0.15, 0.2) is 5.78 Å². The van der Waals surface area contributed by atoms with Crippen LogP contribution in [0.5, 0.6) is 0 Å². The Kier molecular flexibility index (Phi) is 8.65.